The second-order valence-electron chi connectivity index (χ2n) is 11.3. The number of carbonyl (C=O) groups is 2. The second-order valence-corrected chi connectivity index (χ2v) is 11.7. The molecule has 1 saturated heterocycles. The average Bonchev–Trinajstić information content (AvgIpc) is 3.36. The molecule has 2 aliphatic rings. The summed E-state index contributed by atoms with van der Waals surface area (Å²) in [5.74, 6) is -0.614. The van der Waals surface area contributed by atoms with E-state index in [1.807, 2.05) is 13.8 Å². The number of rotatable bonds is 4. The molecule has 0 bridgehead atoms. The average molecular weight is 586 g/mol. The molecule has 0 spiro atoms. The van der Waals surface area contributed by atoms with E-state index in [0.717, 1.165) is 0 Å². The van der Waals surface area contributed by atoms with Crippen LogP contribution in [-0.2, 0) is 4.74 Å². The molecule has 2 aliphatic heterocycles. The van der Waals surface area contributed by atoms with Gasteiger partial charge in [-0.1, -0.05) is 17.7 Å². The standard InChI is InChI=1S/C29H33ClFN5O5/c1-16(2)36-19(10-11-32-36)24-22-26(23(30)25(33-24)21-18(31)8-7-9-20(21)39-6)40-15-17-14-34(12-13-35(17)27(22)37)28(38)41-29(3,4)5/h7-11,16-17H,12-15H2,1-6H3. The van der Waals surface area contributed by atoms with Crippen molar-refractivity contribution in [2.45, 2.75) is 52.3 Å². The molecule has 0 radical (unpaired) electrons. The summed E-state index contributed by atoms with van der Waals surface area (Å²) in [6.07, 6.45) is 1.16. The zero-order chi connectivity index (χ0) is 29.6. The first-order chi connectivity index (χ1) is 19.4. The highest BCUT2D eigenvalue weighted by Gasteiger charge is 2.41. The van der Waals surface area contributed by atoms with Crippen molar-refractivity contribution in [2.75, 3.05) is 33.4 Å². The molecule has 12 heteroatoms. The fourth-order valence-corrected chi connectivity index (χ4v) is 5.41. The van der Waals surface area contributed by atoms with Gasteiger partial charge in [0, 0.05) is 31.9 Å². The van der Waals surface area contributed by atoms with Gasteiger partial charge in [0.1, 0.15) is 45.7 Å². The van der Waals surface area contributed by atoms with Crippen LogP contribution < -0.4 is 9.47 Å². The van der Waals surface area contributed by atoms with E-state index >= 15 is 4.39 Å². The van der Waals surface area contributed by atoms with E-state index in [9.17, 15) is 9.59 Å². The van der Waals surface area contributed by atoms with Crippen LogP contribution in [0.4, 0.5) is 9.18 Å². The van der Waals surface area contributed by atoms with E-state index in [1.54, 1.807) is 53.6 Å². The maximum Gasteiger partial charge on any atom is 0.410 e. The molecule has 41 heavy (non-hydrogen) atoms. The number of pyridine rings is 1. The second kappa shape index (κ2) is 10.8. The van der Waals surface area contributed by atoms with Gasteiger partial charge >= 0.3 is 6.09 Å². The Kier molecular flexibility index (Phi) is 7.58. The predicted octanol–water partition coefficient (Wildman–Crippen LogP) is 5.45. The molecule has 0 N–H and O–H groups in total. The van der Waals surface area contributed by atoms with Gasteiger partial charge < -0.3 is 24.0 Å². The van der Waals surface area contributed by atoms with E-state index in [0.29, 0.717) is 5.69 Å². The molecule has 1 aromatic carbocycles. The zero-order valence-electron chi connectivity index (χ0n) is 23.9. The van der Waals surface area contributed by atoms with Gasteiger partial charge in [-0.05, 0) is 52.8 Å². The summed E-state index contributed by atoms with van der Waals surface area (Å²) in [6, 6.07) is 5.63. The number of hydrogen-bond donors (Lipinski definition) is 0. The minimum Gasteiger partial charge on any atom is -0.496 e. The topological polar surface area (TPSA) is 99.0 Å². The van der Waals surface area contributed by atoms with E-state index in [-0.39, 0.29) is 77.2 Å². The lowest BCUT2D eigenvalue weighted by atomic mass is 10.0. The summed E-state index contributed by atoms with van der Waals surface area (Å²) in [5.41, 5.74) is 0.439. The number of nitrogens with zero attached hydrogens (tertiary/aromatic N) is 5. The Hall–Kier alpha value is -3.86. The number of aromatic nitrogens is 3. The van der Waals surface area contributed by atoms with Gasteiger partial charge in [-0.15, -0.1) is 0 Å². The van der Waals surface area contributed by atoms with Crippen molar-refractivity contribution < 1.29 is 28.2 Å². The lowest BCUT2D eigenvalue weighted by Gasteiger charge is -2.40. The Labute approximate surface area is 242 Å². The summed E-state index contributed by atoms with van der Waals surface area (Å²) in [4.78, 5) is 35.1. The van der Waals surface area contributed by atoms with E-state index in [1.165, 1.54) is 19.2 Å². The number of methoxy groups -OCH3 is 1. The van der Waals surface area contributed by atoms with Crippen LogP contribution in [0.1, 0.15) is 51.0 Å². The summed E-state index contributed by atoms with van der Waals surface area (Å²) in [5, 5.41) is 4.41. The van der Waals surface area contributed by atoms with Crippen LogP contribution in [0.15, 0.2) is 30.5 Å². The quantitative estimate of drug-likeness (QED) is 0.401. The van der Waals surface area contributed by atoms with Gasteiger partial charge in [-0.25, -0.2) is 14.2 Å². The number of benzene rings is 1. The van der Waals surface area contributed by atoms with E-state index < -0.39 is 23.6 Å². The van der Waals surface area contributed by atoms with Crippen molar-refractivity contribution in [2.24, 2.45) is 0 Å². The van der Waals surface area contributed by atoms with Crippen LogP contribution in [-0.4, -0.2) is 81.6 Å². The van der Waals surface area contributed by atoms with E-state index in [2.05, 4.69) is 5.10 Å². The number of halogens is 2. The largest absolute Gasteiger partial charge is 0.496 e. The Balaban J connectivity index is 1.65. The van der Waals surface area contributed by atoms with Crippen molar-refractivity contribution >= 4 is 23.6 Å². The van der Waals surface area contributed by atoms with Crippen LogP contribution in [0, 0.1) is 5.82 Å². The Morgan fingerprint density at radius 1 is 1.17 bits per heavy atom. The molecule has 1 fully saturated rings. The molecule has 1 atom stereocenters. The van der Waals surface area contributed by atoms with Gasteiger partial charge in [-0.3, -0.25) is 9.48 Å². The predicted molar refractivity (Wildman–Crippen MR) is 151 cm³/mol. The number of piperazine rings is 1. The first kappa shape index (κ1) is 28.7. The van der Waals surface area contributed by atoms with Crippen molar-refractivity contribution in [3.8, 4) is 34.1 Å². The molecule has 2 amide bonds. The van der Waals surface area contributed by atoms with Gasteiger partial charge in [0.2, 0.25) is 0 Å². The minimum atomic E-state index is -0.655. The monoisotopic (exact) mass is 585 g/mol. The smallest absolute Gasteiger partial charge is 0.410 e. The maximum atomic E-state index is 15.3. The van der Waals surface area contributed by atoms with E-state index in [4.69, 9.17) is 30.8 Å². The van der Waals surface area contributed by atoms with Gasteiger partial charge in [-0.2, -0.15) is 5.10 Å². The van der Waals surface area contributed by atoms with Crippen LogP contribution in [0.3, 0.4) is 0 Å². The fourth-order valence-electron chi connectivity index (χ4n) is 5.12. The maximum absolute atomic E-state index is 15.3. The van der Waals surface area contributed by atoms with Gasteiger partial charge in [0.25, 0.3) is 5.91 Å². The Morgan fingerprint density at radius 3 is 2.61 bits per heavy atom. The Bertz CT molecular complexity index is 1500. The number of hydrogen-bond acceptors (Lipinski definition) is 7. The summed E-state index contributed by atoms with van der Waals surface area (Å²) in [6.45, 7) is 10.1. The normalized spacial score (nSPS) is 17.1. The molecule has 0 aliphatic carbocycles. The zero-order valence-corrected chi connectivity index (χ0v) is 24.7. The van der Waals surface area contributed by atoms with Crippen molar-refractivity contribution in [1.29, 1.82) is 0 Å². The van der Waals surface area contributed by atoms with Crippen molar-refractivity contribution in [3.63, 3.8) is 0 Å². The third-order valence-electron chi connectivity index (χ3n) is 6.96. The number of carbonyl (C=O) groups excluding carboxylic acids is 2. The number of fused-ring (bicyclic) bond motifs is 2. The third kappa shape index (κ3) is 5.30. The SMILES string of the molecule is COc1cccc(F)c1-c1nc(-c2ccnn2C(C)C)c2c(c1Cl)OCC1CN(C(=O)OC(C)(C)C)CCN1C2=O. The molecule has 5 rings (SSSR count). The van der Waals surface area contributed by atoms with Crippen LogP contribution in [0.2, 0.25) is 5.02 Å². The highest BCUT2D eigenvalue weighted by molar-refractivity contribution is 6.35. The molecule has 2 aromatic heterocycles. The molecular formula is C29H33ClFN5O5. The molecule has 10 nitrogen and oxygen atoms in total. The summed E-state index contributed by atoms with van der Waals surface area (Å²) in [7, 11) is 1.43. The first-order valence-electron chi connectivity index (χ1n) is 13.4. The highest BCUT2D eigenvalue weighted by atomic mass is 35.5. The number of ether oxygens (including phenoxy) is 3. The molecular weight excluding hydrogens is 553 g/mol. The van der Waals surface area contributed by atoms with Crippen LogP contribution >= 0.6 is 11.6 Å². The number of amides is 2. The van der Waals surface area contributed by atoms with Crippen LogP contribution in [0.25, 0.3) is 22.6 Å². The van der Waals surface area contributed by atoms with Crippen molar-refractivity contribution in [1.82, 2.24) is 24.6 Å². The molecule has 3 aromatic rings. The lowest BCUT2D eigenvalue weighted by molar-refractivity contribution is 0.000956. The van der Waals surface area contributed by atoms with Crippen molar-refractivity contribution in [3.05, 3.63) is 46.9 Å². The summed E-state index contributed by atoms with van der Waals surface area (Å²) >= 11 is 6.90. The fraction of sp³-hybridized carbons (Fsp3) is 0.448. The minimum absolute atomic E-state index is 0.0139. The Morgan fingerprint density at radius 2 is 1.93 bits per heavy atom. The molecule has 218 valence electrons. The van der Waals surface area contributed by atoms with Gasteiger partial charge in [0.15, 0.2) is 5.75 Å². The first-order valence-corrected chi connectivity index (χ1v) is 13.8. The third-order valence-corrected chi connectivity index (χ3v) is 7.31. The summed E-state index contributed by atoms with van der Waals surface area (Å²) < 4.78 is 34.3. The van der Waals surface area contributed by atoms with Crippen LogP contribution in [0.5, 0.6) is 11.5 Å². The van der Waals surface area contributed by atoms with Gasteiger partial charge in [0.05, 0.1) is 24.4 Å². The highest BCUT2D eigenvalue weighted by Crippen LogP contribution is 2.46. The molecule has 0 saturated carbocycles. The molecule has 1 unspecified atom stereocenters. The lowest BCUT2D eigenvalue weighted by Crippen LogP contribution is -2.58. The molecule has 4 heterocycles.